The van der Waals surface area contributed by atoms with Crippen LogP contribution in [0.5, 0.6) is 0 Å². The quantitative estimate of drug-likeness (QED) is 0.139. The first kappa shape index (κ1) is 29.0. The molecule has 2 atom stereocenters. The third-order valence-corrected chi connectivity index (χ3v) is 6.99. The smallest absolute Gasteiger partial charge is 0.0443 e. The van der Waals surface area contributed by atoms with E-state index in [0.717, 1.165) is 11.8 Å². The molecule has 0 aliphatic rings. The van der Waals surface area contributed by atoms with Crippen LogP contribution in [0.2, 0.25) is 0 Å². The maximum atomic E-state index is 2.49. The molecule has 0 N–H and O–H groups in total. The maximum absolute atomic E-state index is 2.49. The van der Waals surface area contributed by atoms with E-state index in [-0.39, 0.29) is 0 Å². The highest BCUT2D eigenvalue weighted by atomic mass is 14.1. The molecule has 0 nitrogen and oxygen atoms in total. The molecule has 0 rings (SSSR count). The van der Waals surface area contributed by atoms with E-state index in [1.54, 1.807) is 0 Å². The van der Waals surface area contributed by atoms with Crippen molar-refractivity contribution < 1.29 is 0 Å². The van der Waals surface area contributed by atoms with E-state index in [0.29, 0.717) is 0 Å². The minimum Gasteiger partial charge on any atom is -0.0654 e. The van der Waals surface area contributed by atoms with Gasteiger partial charge in [0.25, 0.3) is 0 Å². The lowest BCUT2D eigenvalue weighted by molar-refractivity contribution is 0.420. The van der Waals surface area contributed by atoms with Crippen molar-refractivity contribution in [1.29, 1.82) is 0 Å². The zero-order valence-corrected chi connectivity index (χ0v) is 21.4. The molecule has 176 valence electrons. The van der Waals surface area contributed by atoms with Crippen LogP contribution in [0.1, 0.15) is 175 Å². The Morgan fingerprint density at radius 1 is 0.310 bits per heavy atom. The number of hydrogen-bond acceptors (Lipinski definition) is 0. The first-order chi connectivity index (χ1) is 14.2. The van der Waals surface area contributed by atoms with E-state index < -0.39 is 0 Å². The van der Waals surface area contributed by atoms with Gasteiger partial charge in [-0.2, -0.15) is 0 Å². The summed E-state index contributed by atoms with van der Waals surface area (Å²) in [5, 5.41) is 0. The highest BCUT2D eigenvalue weighted by Crippen LogP contribution is 2.20. The highest BCUT2D eigenvalue weighted by Gasteiger charge is 2.04. The Hall–Kier alpha value is 0. The second-order valence-electron chi connectivity index (χ2n) is 10.4. The van der Waals surface area contributed by atoms with Crippen molar-refractivity contribution in [3.63, 3.8) is 0 Å². The molecule has 0 heterocycles. The van der Waals surface area contributed by atoms with Gasteiger partial charge in [-0.3, -0.25) is 0 Å². The van der Waals surface area contributed by atoms with Gasteiger partial charge in [0.15, 0.2) is 0 Å². The number of rotatable bonds is 24. The number of unbranched alkanes of at least 4 members (excludes halogenated alkanes) is 16. The largest absolute Gasteiger partial charge is 0.0654 e. The fraction of sp³-hybridized carbons (Fsp3) is 1.00. The number of hydrogen-bond donors (Lipinski definition) is 0. The molecular formula is C29H60. The summed E-state index contributed by atoms with van der Waals surface area (Å²) in [6, 6.07) is 0. The topological polar surface area (TPSA) is 0 Å². The molecule has 0 aliphatic carbocycles. The van der Waals surface area contributed by atoms with Gasteiger partial charge in [-0.15, -0.1) is 0 Å². The summed E-state index contributed by atoms with van der Waals surface area (Å²) in [6.07, 6.45) is 33.7. The van der Waals surface area contributed by atoms with Crippen molar-refractivity contribution in [2.24, 2.45) is 11.8 Å². The monoisotopic (exact) mass is 408 g/mol. The molecule has 2 unspecified atom stereocenters. The lowest BCUT2D eigenvalue weighted by atomic mass is 9.94. The summed E-state index contributed by atoms with van der Waals surface area (Å²) in [7, 11) is 0. The summed E-state index contributed by atoms with van der Waals surface area (Å²) < 4.78 is 0. The molecule has 0 bridgehead atoms. The predicted molar refractivity (Wildman–Crippen MR) is 136 cm³/mol. The van der Waals surface area contributed by atoms with Gasteiger partial charge < -0.3 is 0 Å². The van der Waals surface area contributed by atoms with Crippen LogP contribution in [0.15, 0.2) is 0 Å². The molecule has 0 saturated heterocycles. The van der Waals surface area contributed by atoms with Crippen LogP contribution in [-0.2, 0) is 0 Å². The van der Waals surface area contributed by atoms with Gasteiger partial charge in [0.1, 0.15) is 0 Å². The van der Waals surface area contributed by atoms with Gasteiger partial charge in [0, 0.05) is 0 Å². The summed E-state index contributed by atoms with van der Waals surface area (Å²) in [4.78, 5) is 0. The molecular weight excluding hydrogens is 348 g/mol. The van der Waals surface area contributed by atoms with Crippen molar-refractivity contribution in [3.8, 4) is 0 Å². The Morgan fingerprint density at radius 2 is 0.517 bits per heavy atom. The van der Waals surface area contributed by atoms with Gasteiger partial charge in [-0.25, -0.2) is 0 Å². The minimum absolute atomic E-state index is 0.966. The van der Waals surface area contributed by atoms with Gasteiger partial charge in [0.2, 0.25) is 0 Å². The molecule has 0 aliphatic heterocycles. The summed E-state index contributed by atoms with van der Waals surface area (Å²) in [5.41, 5.74) is 0. The molecule has 0 radical (unpaired) electrons. The van der Waals surface area contributed by atoms with E-state index >= 15 is 0 Å². The zero-order chi connectivity index (χ0) is 21.4. The molecule has 0 spiro atoms. The van der Waals surface area contributed by atoms with Crippen LogP contribution in [0.4, 0.5) is 0 Å². The highest BCUT2D eigenvalue weighted by molar-refractivity contribution is 4.57. The first-order valence-corrected chi connectivity index (χ1v) is 14.2. The molecule has 0 aromatic carbocycles. The lowest BCUT2D eigenvalue weighted by Crippen LogP contribution is -1.96. The van der Waals surface area contributed by atoms with Crippen LogP contribution < -0.4 is 0 Å². The average molecular weight is 409 g/mol. The van der Waals surface area contributed by atoms with Crippen LogP contribution in [0, 0.1) is 11.8 Å². The van der Waals surface area contributed by atoms with Gasteiger partial charge >= 0.3 is 0 Å². The van der Waals surface area contributed by atoms with E-state index in [1.165, 1.54) is 148 Å². The Balaban J connectivity index is 3.22. The third-order valence-electron chi connectivity index (χ3n) is 6.99. The lowest BCUT2D eigenvalue weighted by Gasteiger charge is -2.12. The average Bonchev–Trinajstić information content (AvgIpc) is 2.72. The SMILES string of the molecule is CCCCCCCCCCCC(C)CCCCCCCCC(C)CCCCCC. The van der Waals surface area contributed by atoms with Crippen LogP contribution >= 0.6 is 0 Å². The van der Waals surface area contributed by atoms with Crippen molar-refractivity contribution in [2.75, 3.05) is 0 Å². The summed E-state index contributed by atoms with van der Waals surface area (Å²) in [6.45, 7) is 9.58. The Labute approximate surface area is 187 Å². The molecule has 0 saturated carbocycles. The molecule has 0 aromatic heterocycles. The fourth-order valence-corrected chi connectivity index (χ4v) is 4.70. The van der Waals surface area contributed by atoms with E-state index in [2.05, 4.69) is 27.7 Å². The zero-order valence-electron chi connectivity index (χ0n) is 21.4. The molecule has 0 amide bonds. The fourth-order valence-electron chi connectivity index (χ4n) is 4.70. The Kier molecular flexibility index (Phi) is 24.3. The first-order valence-electron chi connectivity index (χ1n) is 14.2. The van der Waals surface area contributed by atoms with E-state index in [1.807, 2.05) is 0 Å². The maximum Gasteiger partial charge on any atom is -0.0443 e. The predicted octanol–water partition coefficient (Wildman–Crippen LogP) is 11.3. The second kappa shape index (κ2) is 24.3. The third kappa shape index (κ3) is 24.1. The van der Waals surface area contributed by atoms with Gasteiger partial charge in [-0.05, 0) is 11.8 Å². The van der Waals surface area contributed by atoms with E-state index in [9.17, 15) is 0 Å². The normalized spacial score (nSPS) is 13.7. The van der Waals surface area contributed by atoms with Crippen molar-refractivity contribution in [1.82, 2.24) is 0 Å². The summed E-state index contributed by atoms with van der Waals surface area (Å²) >= 11 is 0. The van der Waals surface area contributed by atoms with Gasteiger partial charge in [0.05, 0.1) is 0 Å². The molecule has 29 heavy (non-hydrogen) atoms. The standard InChI is InChI=1S/C29H60/c1-5-7-9-11-12-13-14-17-21-26-29(4)27-23-19-16-15-18-22-25-28(3)24-20-10-8-6-2/h28-29H,5-27H2,1-4H3. The van der Waals surface area contributed by atoms with Crippen molar-refractivity contribution >= 4 is 0 Å². The van der Waals surface area contributed by atoms with Crippen molar-refractivity contribution in [3.05, 3.63) is 0 Å². The van der Waals surface area contributed by atoms with Gasteiger partial charge in [-0.1, -0.05) is 175 Å². The molecule has 0 fully saturated rings. The molecule has 0 aromatic rings. The second-order valence-corrected chi connectivity index (χ2v) is 10.4. The van der Waals surface area contributed by atoms with Crippen LogP contribution in [-0.4, -0.2) is 0 Å². The minimum atomic E-state index is 0.966. The van der Waals surface area contributed by atoms with Crippen molar-refractivity contribution in [2.45, 2.75) is 175 Å². The van der Waals surface area contributed by atoms with Crippen LogP contribution in [0.25, 0.3) is 0 Å². The molecule has 0 heteroatoms. The Bertz CT molecular complexity index is 282. The Morgan fingerprint density at radius 3 is 0.793 bits per heavy atom. The van der Waals surface area contributed by atoms with E-state index in [4.69, 9.17) is 0 Å². The summed E-state index contributed by atoms with van der Waals surface area (Å²) in [5.74, 6) is 1.93. The van der Waals surface area contributed by atoms with Crippen LogP contribution in [0.3, 0.4) is 0 Å².